The molecule has 3 rings (SSSR count). The van der Waals surface area contributed by atoms with Crippen LogP contribution in [0.2, 0.25) is 0 Å². The van der Waals surface area contributed by atoms with E-state index in [0.29, 0.717) is 0 Å². The number of amides is 1. The zero-order chi connectivity index (χ0) is 19.8. The third-order valence-corrected chi connectivity index (χ3v) is 4.89. The van der Waals surface area contributed by atoms with Crippen molar-refractivity contribution in [3.05, 3.63) is 71.3 Å². The van der Waals surface area contributed by atoms with Crippen molar-refractivity contribution in [2.75, 3.05) is 40.0 Å². The number of benzene rings is 2. The Balaban J connectivity index is 1.71. The maximum atomic E-state index is 12.6. The summed E-state index contributed by atoms with van der Waals surface area (Å²) >= 11 is 0. The molecule has 1 atom stereocenters. The summed E-state index contributed by atoms with van der Waals surface area (Å²) in [6.45, 7) is 6.07. The summed E-state index contributed by atoms with van der Waals surface area (Å²) in [5.41, 5.74) is 3.19. The molecule has 5 nitrogen and oxygen atoms in total. The second kappa shape index (κ2) is 10.1. The third kappa shape index (κ3) is 5.68. The van der Waals surface area contributed by atoms with Crippen LogP contribution in [0.5, 0.6) is 5.75 Å². The van der Waals surface area contributed by atoms with Crippen LogP contribution in [-0.2, 0) is 9.53 Å². The van der Waals surface area contributed by atoms with Gasteiger partial charge >= 0.3 is 0 Å². The van der Waals surface area contributed by atoms with Crippen LogP contribution in [0.1, 0.15) is 22.7 Å². The number of aryl methyl sites for hydroxylation is 1. The van der Waals surface area contributed by atoms with Gasteiger partial charge in [-0.05, 0) is 24.6 Å². The Morgan fingerprint density at radius 1 is 1.18 bits per heavy atom. The molecule has 1 heterocycles. The van der Waals surface area contributed by atoms with Gasteiger partial charge in [0.05, 0.1) is 26.4 Å². The molecule has 0 aliphatic carbocycles. The van der Waals surface area contributed by atoms with Crippen LogP contribution in [0, 0.1) is 6.92 Å². The average Bonchev–Trinajstić information content (AvgIpc) is 2.73. The summed E-state index contributed by atoms with van der Waals surface area (Å²) in [5, 5.41) is 3.16. The Labute approximate surface area is 167 Å². The van der Waals surface area contributed by atoms with Gasteiger partial charge in [-0.1, -0.05) is 48.0 Å². The highest BCUT2D eigenvalue weighted by atomic mass is 16.5. The number of carbonyl (C=O) groups is 1. The first-order chi connectivity index (χ1) is 13.7. The van der Waals surface area contributed by atoms with Crippen molar-refractivity contribution in [3.8, 4) is 5.75 Å². The van der Waals surface area contributed by atoms with Crippen LogP contribution < -0.4 is 10.1 Å². The summed E-state index contributed by atoms with van der Waals surface area (Å²) in [5.74, 6) is 0.625. The van der Waals surface area contributed by atoms with Gasteiger partial charge in [0.2, 0.25) is 5.91 Å². The molecule has 2 aromatic carbocycles. The van der Waals surface area contributed by atoms with Gasteiger partial charge in [0.15, 0.2) is 0 Å². The summed E-state index contributed by atoms with van der Waals surface area (Å²) in [6, 6.07) is 15.9. The minimum atomic E-state index is -0.121. The lowest BCUT2D eigenvalue weighted by Gasteiger charge is -2.31. The van der Waals surface area contributed by atoms with Gasteiger partial charge in [-0.25, -0.2) is 0 Å². The Hall–Kier alpha value is -2.63. The second-order valence-corrected chi connectivity index (χ2v) is 6.96. The highest BCUT2D eigenvalue weighted by Gasteiger charge is 2.19. The van der Waals surface area contributed by atoms with E-state index >= 15 is 0 Å². The maximum Gasteiger partial charge on any atom is 0.244 e. The molecule has 1 aliphatic heterocycles. The first-order valence-electron chi connectivity index (χ1n) is 9.64. The standard InChI is InChI=1S/C23H28N2O3/c1-18-7-9-19(10-8-18)21(17-25-13-15-28-16-14-25)24-23(26)12-11-20-5-3-4-6-22(20)27-2/h3-12,21H,13-17H2,1-2H3,(H,24,26)/b12-11+/t21-/m1/s1. The topological polar surface area (TPSA) is 50.8 Å². The van der Waals surface area contributed by atoms with E-state index in [1.54, 1.807) is 19.3 Å². The van der Waals surface area contributed by atoms with Gasteiger partial charge in [0.25, 0.3) is 0 Å². The van der Waals surface area contributed by atoms with Gasteiger partial charge in [0.1, 0.15) is 5.75 Å². The number of hydrogen-bond donors (Lipinski definition) is 1. The van der Waals surface area contributed by atoms with Crippen molar-refractivity contribution < 1.29 is 14.3 Å². The molecule has 28 heavy (non-hydrogen) atoms. The molecule has 5 heteroatoms. The van der Waals surface area contributed by atoms with E-state index in [4.69, 9.17) is 9.47 Å². The maximum absolute atomic E-state index is 12.6. The fraction of sp³-hybridized carbons (Fsp3) is 0.348. The highest BCUT2D eigenvalue weighted by molar-refractivity contribution is 5.92. The number of para-hydroxylation sites is 1. The number of hydrogen-bond acceptors (Lipinski definition) is 4. The van der Waals surface area contributed by atoms with E-state index in [1.165, 1.54) is 5.56 Å². The molecule has 0 bridgehead atoms. The smallest absolute Gasteiger partial charge is 0.244 e. The highest BCUT2D eigenvalue weighted by Crippen LogP contribution is 2.19. The first-order valence-corrected chi connectivity index (χ1v) is 9.64. The molecule has 1 amide bonds. The summed E-state index contributed by atoms with van der Waals surface area (Å²) in [6.07, 6.45) is 3.35. The normalized spacial score (nSPS) is 16.1. The van der Waals surface area contributed by atoms with E-state index < -0.39 is 0 Å². The number of nitrogens with zero attached hydrogens (tertiary/aromatic N) is 1. The summed E-state index contributed by atoms with van der Waals surface area (Å²) in [7, 11) is 1.63. The number of methoxy groups -OCH3 is 1. The van der Waals surface area contributed by atoms with Gasteiger partial charge in [-0.15, -0.1) is 0 Å². The van der Waals surface area contributed by atoms with Crippen LogP contribution in [0.4, 0.5) is 0 Å². The molecule has 1 aliphatic rings. The van der Waals surface area contributed by atoms with Crippen LogP contribution >= 0.6 is 0 Å². The molecular weight excluding hydrogens is 352 g/mol. The lowest BCUT2D eigenvalue weighted by atomic mass is 10.0. The van der Waals surface area contributed by atoms with Crippen molar-refractivity contribution in [2.24, 2.45) is 0 Å². The van der Waals surface area contributed by atoms with E-state index in [-0.39, 0.29) is 11.9 Å². The van der Waals surface area contributed by atoms with E-state index in [1.807, 2.05) is 24.3 Å². The quantitative estimate of drug-likeness (QED) is 0.750. The molecule has 0 unspecified atom stereocenters. The number of carbonyl (C=O) groups excluding carboxylic acids is 1. The summed E-state index contributed by atoms with van der Waals surface area (Å²) < 4.78 is 10.8. The van der Waals surface area contributed by atoms with Crippen molar-refractivity contribution >= 4 is 12.0 Å². The number of ether oxygens (including phenoxy) is 2. The Kier molecular flexibility index (Phi) is 7.23. The molecule has 1 fully saturated rings. The molecular formula is C23H28N2O3. The molecule has 1 N–H and O–H groups in total. The Morgan fingerprint density at radius 3 is 2.61 bits per heavy atom. The zero-order valence-electron chi connectivity index (χ0n) is 16.6. The predicted octanol–water partition coefficient (Wildman–Crippen LogP) is 3.21. The fourth-order valence-corrected chi connectivity index (χ4v) is 3.26. The third-order valence-electron chi connectivity index (χ3n) is 4.89. The molecule has 0 aromatic heterocycles. The van der Waals surface area contributed by atoms with Crippen molar-refractivity contribution in [1.29, 1.82) is 0 Å². The number of morpholine rings is 1. The van der Waals surface area contributed by atoms with Crippen molar-refractivity contribution in [3.63, 3.8) is 0 Å². The Bertz CT molecular complexity index is 796. The monoisotopic (exact) mass is 380 g/mol. The predicted molar refractivity (Wildman–Crippen MR) is 111 cm³/mol. The molecule has 2 aromatic rings. The lowest BCUT2D eigenvalue weighted by molar-refractivity contribution is -0.117. The zero-order valence-corrected chi connectivity index (χ0v) is 16.6. The SMILES string of the molecule is COc1ccccc1/C=C/C(=O)N[C@H](CN1CCOCC1)c1ccc(C)cc1. The van der Waals surface area contributed by atoms with Gasteiger partial charge in [-0.3, -0.25) is 9.69 Å². The molecule has 1 saturated heterocycles. The van der Waals surface area contributed by atoms with Crippen LogP contribution in [-0.4, -0.2) is 50.8 Å². The molecule has 0 saturated carbocycles. The number of nitrogens with one attached hydrogen (secondary N) is 1. The van der Waals surface area contributed by atoms with Gasteiger partial charge in [-0.2, -0.15) is 0 Å². The molecule has 148 valence electrons. The van der Waals surface area contributed by atoms with Crippen molar-refractivity contribution in [1.82, 2.24) is 10.2 Å². The lowest BCUT2D eigenvalue weighted by Crippen LogP contribution is -2.42. The van der Waals surface area contributed by atoms with Crippen LogP contribution in [0.25, 0.3) is 6.08 Å². The second-order valence-electron chi connectivity index (χ2n) is 6.96. The fourth-order valence-electron chi connectivity index (χ4n) is 3.26. The Morgan fingerprint density at radius 2 is 1.89 bits per heavy atom. The average molecular weight is 380 g/mol. The summed E-state index contributed by atoms with van der Waals surface area (Å²) in [4.78, 5) is 15.0. The largest absolute Gasteiger partial charge is 0.496 e. The van der Waals surface area contributed by atoms with E-state index in [2.05, 4.69) is 41.4 Å². The molecule has 0 spiro atoms. The van der Waals surface area contributed by atoms with Crippen LogP contribution in [0.3, 0.4) is 0 Å². The van der Waals surface area contributed by atoms with Gasteiger partial charge in [0, 0.05) is 31.3 Å². The first kappa shape index (κ1) is 20.1. The minimum Gasteiger partial charge on any atom is -0.496 e. The van der Waals surface area contributed by atoms with E-state index in [0.717, 1.165) is 49.7 Å². The van der Waals surface area contributed by atoms with Crippen molar-refractivity contribution in [2.45, 2.75) is 13.0 Å². The van der Waals surface area contributed by atoms with Crippen LogP contribution in [0.15, 0.2) is 54.6 Å². The minimum absolute atomic E-state index is 0.0754. The van der Waals surface area contributed by atoms with E-state index in [9.17, 15) is 4.79 Å². The number of rotatable bonds is 7. The van der Waals surface area contributed by atoms with Gasteiger partial charge < -0.3 is 14.8 Å². The molecule has 0 radical (unpaired) electrons.